The highest BCUT2D eigenvalue weighted by Crippen LogP contribution is 2.31. The van der Waals surface area contributed by atoms with E-state index in [9.17, 15) is 4.79 Å². The highest BCUT2D eigenvalue weighted by Gasteiger charge is 2.14. The third-order valence-electron chi connectivity index (χ3n) is 3.15. The Bertz CT molecular complexity index is 637. The molecule has 116 valence electrons. The van der Waals surface area contributed by atoms with E-state index in [-0.39, 0.29) is 5.91 Å². The van der Waals surface area contributed by atoms with Crippen LogP contribution in [0.1, 0.15) is 24.2 Å². The lowest BCUT2D eigenvalue weighted by Crippen LogP contribution is -2.30. The molecule has 2 aromatic rings. The van der Waals surface area contributed by atoms with E-state index in [0.717, 1.165) is 0 Å². The number of rotatable bonds is 5. The van der Waals surface area contributed by atoms with E-state index in [1.54, 1.807) is 23.1 Å². The molecule has 0 fully saturated rings. The fourth-order valence-corrected chi connectivity index (χ4v) is 2.42. The van der Waals surface area contributed by atoms with Gasteiger partial charge in [0.15, 0.2) is 0 Å². The lowest BCUT2D eigenvalue weighted by atomic mass is 10.3. The third-order valence-corrected chi connectivity index (χ3v) is 3.78. The summed E-state index contributed by atoms with van der Waals surface area (Å²) in [5, 5.41) is 3.90. The molecule has 2 rings (SSSR count). The molecular formula is C15H16Cl2N4O. The first-order chi connectivity index (χ1) is 10.6. The molecule has 0 atom stereocenters. The van der Waals surface area contributed by atoms with Crippen LogP contribution in [0.2, 0.25) is 10.0 Å². The fourth-order valence-electron chi connectivity index (χ4n) is 1.93. The van der Waals surface area contributed by atoms with Gasteiger partial charge in [0.2, 0.25) is 5.95 Å². The van der Waals surface area contributed by atoms with Crippen LogP contribution in [0.3, 0.4) is 0 Å². The van der Waals surface area contributed by atoms with Gasteiger partial charge in [0, 0.05) is 25.5 Å². The number of amides is 1. The first-order valence-corrected chi connectivity index (χ1v) is 7.64. The number of carbonyl (C=O) groups excluding carboxylic acids is 1. The smallest absolute Gasteiger partial charge is 0.256 e. The van der Waals surface area contributed by atoms with Crippen molar-refractivity contribution in [3.63, 3.8) is 0 Å². The van der Waals surface area contributed by atoms with Crippen molar-refractivity contribution < 1.29 is 4.79 Å². The summed E-state index contributed by atoms with van der Waals surface area (Å²) in [5.41, 5.74) is 0.980. The molecular weight excluding hydrogens is 323 g/mol. The second kappa shape index (κ2) is 7.42. The maximum absolute atomic E-state index is 12.2. The van der Waals surface area contributed by atoms with Crippen molar-refractivity contribution >= 4 is 40.7 Å². The van der Waals surface area contributed by atoms with Gasteiger partial charge in [-0.3, -0.25) is 4.79 Å². The van der Waals surface area contributed by atoms with Crippen LogP contribution < -0.4 is 5.32 Å². The van der Waals surface area contributed by atoms with Crippen LogP contribution in [0.25, 0.3) is 0 Å². The number of para-hydroxylation sites is 1. The van der Waals surface area contributed by atoms with Crippen molar-refractivity contribution in [3.05, 3.63) is 46.2 Å². The SMILES string of the molecule is CCN(CC)C(=O)c1cnc(Nc2c(Cl)cccc2Cl)nc1. The number of carbonyl (C=O) groups is 1. The maximum Gasteiger partial charge on any atom is 0.256 e. The van der Waals surface area contributed by atoms with Crippen LogP contribution in [0.15, 0.2) is 30.6 Å². The number of anilines is 2. The Morgan fingerprint density at radius 2 is 1.68 bits per heavy atom. The summed E-state index contributed by atoms with van der Waals surface area (Å²) in [6.45, 7) is 5.14. The molecule has 0 radical (unpaired) electrons. The van der Waals surface area contributed by atoms with Crippen molar-refractivity contribution in [2.75, 3.05) is 18.4 Å². The van der Waals surface area contributed by atoms with E-state index in [0.29, 0.717) is 40.3 Å². The first-order valence-electron chi connectivity index (χ1n) is 6.89. The van der Waals surface area contributed by atoms with Gasteiger partial charge in [0.05, 0.1) is 21.3 Å². The zero-order valence-electron chi connectivity index (χ0n) is 12.3. The average Bonchev–Trinajstić information content (AvgIpc) is 2.53. The second-order valence-electron chi connectivity index (χ2n) is 4.49. The summed E-state index contributed by atoms with van der Waals surface area (Å²) < 4.78 is 0. The first kappa shape index (κ1) is 16.5. The summed E-state index contributed by atoms with van der Waals surface area (Å²) in [5.74, 6) is 0.235. The molecule has 0 spiro atoms. The minimum atomic E-state index is -0.0904. The molecule has 0 aliphatic carbocycles. The summed E-state index contributed by atoms with van der Waals surface area (Å²) in [6, 6.07) is 5.19. The molecule has 0 aliphatic heterocycles. The second-order valence-corrected chi connectivity index (χ2v) is 5.31. The van der Waals surface area contributed by atoms with Crippen molar-refractivity contribution in [2.45, 2.75) is 13.8 Å². The van der Waals surface area contributed by atoms with Crippen molar-refractivity contribution in [3.8, 4) is 0 Å². The van der Waals surface area contributed by atoms with Crippen molar-refractivity contribution in [1.29, 1.82) is 0 Å². The molecule has 1 aromatic heterocycles. The van der Waals surface area contributed by atoms with Gasteiger partial charge in [-0.1, -0.05) is 29.3 Å². The lowest BCUT2D eigenvalue weighted by molar-refractivity contribution is 0.0772. The summed E-state index contributed by atoms with van der Waals surface area (Å²) in [6.07, 6.45) is 2.97. The van der Waals surface area contributed by atoms with Crippen molar-refractivity contribution in [1.82, 2.24) is 14.9 Å². The average molecular weight is 339 g/mol. The Morgan fingerprint density at radius 1 is 1.14 bits per heavy atom. The summed E-state index contributed by atoms with van der Waals surface area (Å²) in [7, 11) is 0. The monoisotopic (exact) mass is 338 g/mol. The highest BCUT2D eigenvalue weighted by molar-refractivity contribution is 6.39. The number of halogens is 2. The topological polar surface area (TPSA) is 58.1 Å². The van der Waals surface area contributed by atoms with Crippen molar-refractivity contribution in [2.24, 2.45) is 0 Å². The van der Waals surface area contributed by atoms with E-state index in [2.05, 4.69) is 15.3 Å². The Balaban J connectivity index is 2.17. The minimum Gasteiger partial charge on any atom is -0.339 e. The molecule has 1 N–H and O–H groups in total. The molecule has 5 nitrogen and oxygen atoms in total. The summed E-state index contributed by atoms with van der Waals surface area (Å²) >= 11 is 12.2. The van der Waals surface area contributed by atoms with Crippen LogP contribution >= 0.6 is 23.2 Å². The molecule has 0 unspecified atom stereocenters. The predicted octanol–water partition coefficient (Wildman–Crippen LogP) is 4.01. The van der Waals surface area contributed by atoms with Gasteiger partial charge in [0.1, 0.15) is 0 Å². The lowest BCUT2D eigenvalue weighted by Gasteiger charge is -2.18. The third kappa shape index (κ3) is 3.67. The molecule has 22 heavy (non-hydrogen) atoms. The van der Waals surface area contributed by atoms with Gasteiger partial charge in [-0.15, -0.1) is 0 Å². The standard InChI is InChI=1S/C15H16Cl2N4O/c1-3-21(4-2)14(22)10-8-18-15(19-9-10)20-13-11(16)6-5-7-12(13)17/h5-9H,3-4H2,1-2H3,(H,18,19,20). The molecule has 0 bridgehead atoms. The van der Waals surface area contributed by atoms with Gasteiger partial charge in [-0.05, 0) is 26.0 Å². The van der Waals surface area contributed by atoms with Crippen LogP contribution in [-0.2, 0) is 0 Å². The number of benzene rings is 1. The van der Waals surface area contributed by atoms with Gasteiger partial charge in [-0.2, -0.15) is 0 Å². The Hall–Kier alpha value is -1.85. The molecule has 0 aliphatic rings. The normalized spacial score (nSPS) is 10.4. The van der Waals surface area contributed by atoms with E-state index < -0.39 is 0 Å². The van der Waals surface area contributed by atoms with Gasteiger partial charge in [0.25, 0.3) is 5.91 Å². The Kier molecular flexibility index (Phi) is 5.57. The highest BCUT2D eigenvalue weighted by atomic mass is 35.5. The number of aromatic nitrogens is 2. The maximum atomic E-state index is 12.2. The number of nitrogens with zero attached hydrogens (tertiary/aromatic N) is 3. The van der Waals surface area contributed by atoms with Gasteiger partial charge < -0.3 is 10.2 Å². The van der Waals surface area contributed by atoms with Crippen LogP contribution in [0.5, 0.6) is 0 Å². The Labute approximate surface area is 139 Å². The molecule has 1 heterocycles. The van der Waals surface area contributed by atoms with Gasteiger partial charge in [-0.25, -0.2) is 9.97 Å². The van der Waals surface area contributed by atoms with Crippen LogP contribution in [0, 0.1) is 0 Å². The molecule has 7 heteroatoms. The molecule has 0 saturated carbocycles. The zero-order valence-corrected chi connectivity index (χ0v) is 13.8. The number of hydrogen-bond acceptors (Lipinski definition) is 4. The number of hydrogen-bond donors (Lipinski definition) is 1. The largest absolute Gasteiger partial charge is 0.339 e. The van der Waals surface area contributed by atoms with Gasteiger partial charge >= 0.3 is 0 Å². The van der Waals surface area contributed by atoms with Crippen LogP contribution in [0.4, 0.5) is 11.6 Å². The van der Waals surface area contributed by atoms with E-state index in [1.807, 2.05) is 13.8 Å². The molecule has 1 aromatic carbocycles. The fraction of sp³-hybridized carbons (Fsp3) is 0.267. The number of nitrogens with one attached hydrogen (secondary N) is 1. The van der Waals surface area contributed by atoms with E-state index in [1.165, 1.54) is 12.4 Å². The minimum absolute atomic E-state index is 0.0904. The quantitative estimate of drug-likeness (QED) is 0.894. The summed E-state index contributed by atoms with van der Waals surface area (Å²) in [4.78, 5) is 22.2. The van der Waals surface area contributed by atoms with E-state index in [4.69, 9.17) is 23.2 Å². The van der Waals surface area contributed by atoms with Crippen LogP contribution in [-0.4, -0.2) is 33.9 Å². The predicted molar refractivity (Wildman–Crippen MR) is 89.0 cm³/mol. The molecule has 1 amide bonds. The Morgan fingerprint density at radius 3 is 2.18 bits per heavy atom. The zero-order chi connectivity index (χ0) is 16.1. The molecule has 0 saturated heterocycles. The van der Waals surface area contributed by atoms with E-state index >= 15 is 0 Å².